The first kappa shape index (κ1) is 25.8. The van der Waals surface area contributed by atoms with Crippen molar-refractivity contribution in [2.45, 2.75) is 38.5 Å². The number of ether oxygens (including phenoxy) is 2. The Morgan fingerprint density at radius 1 is 1.16 bits per heavy atom. The second kappa shape index (κ2) is 11.9. The van der Waals surface area contributed by atoms with Gasteiger partial charge in [-0.15, -0.1) is 0 Å². The number of sulfonamides is 1. The Kier molecular flexibility index (Phi) is 9.60. The van der Waals surface area contributed by atoms with E-state index in [1.54, 1.807) is 19.1 Å². The van der Waals surface area contributed by atoms with Gasteiger partial charge in [-0.05, 0) is 37.0 Å². The molecule has 0 unspecified atom stereocenters. The molecule has 0 aliphatic carbocycles. The molecule has 0 radical (unpaired) electrons. The van der Waals surface area contributed by atoms with E-state index in [0.29, 0.717) is 37.5 Å². The fourth-order valence-electron chi connectivity index (χ4n) is 2.95. The Morgan fingerprint density at radius 3 is 2.50 bits per heavy atom. The lowest BCUT2D eigenvalue weighted by Crippen LogP contribution is -2.40. The maximum absolute atomic E-state index is 12.9. The minimum Gasteiger partial charge on any atom is -0.454 e. The van der Waals surface area contributed by atoms with Crippen molar-refractivity contribution in [3.05, 3.63) is 23.8 Å². The second-order valence-corrected chi connectivity index (χ2v) is 9.82. The number of amides is 2. The van der Waals surface area contributed by atoms with Crippen molar-refractivity contribution in [1.82, 2.24) is 9.62 Å². The van der Waals surface area contributed by atoms with Crippen LogP contribution in [0.5, 0.6) is 0 Å². The van der Waals surface area contributed by atoms with Gasteiger partial charge < -0.3 is 20.1 Å². The number of nitrogens with one attached hydrogen (secondary N) is 2. The Bertz CT molecular complexity index is 925. The molecule has 178 valence electrons. The van der Waals surface area contributed by atoms with Gasteiger partial charge in [-0.1, -0.05) is 19.9 Å². The highest BCUT2D eigenvalue weighted by Gasteiger charge is 2.28. The van der Waals surface area contributed by atoms with Crippen LogP contribution in [0.4, 0.5) is 5.69 Å². The predicted octanol–water partition coefficient (Wildman–Crippen LogP) is 1.05. The molecule has 1 fully saturated rings. The summed E-state index contributed by atoms with van der Waals surface area (Å²) in [5.41, 5.74) is 0.819. The number of nitrogens with zero attached hydrogens (tertiary/aromatic N) is 1. The Morgan fingerprint density at radius 2 is 1.84 bits per heavy atom. The van der Waals surface area contributed by atoms with E-state index in [-0.39, 0.29) is 36.1 Å². The fourth-order valence-corrected chi connectivity index (χ4v) is 4.61. The molecule has 0 bridgehead atoms. The van der Waals surface area contributed by atoms with Gasteiger partial charge in [0, 0.05) is 25.2 Å². The molecule has 0 atom stereocenters. The first-order valence-corrected chi connectivity index (χ1v) is 11.9. The lowest BCUT2D eigenvalue weighted by molar-refractivity contribution is -0.147. The molecule has 1 saturated heterocycles. The molecule has 0 aromatic heterocycles. The van der Waals surface area contributed by atoms with E-state index in [9.17, 15) is 22.8 Å². The molecule has 32 heavy (non-hydrogen) atoms. The molecule has 1 aromatic rings. The Labute approximate surface area is 188 Å². The van der Waals surface area contributed by atoms with Crippen LogP contribution in [0.15, 0.2) is 23.1 Å². The van der Waals surface area contributed by atoms with Crippen LogP contribution >= 0.6 is 0 Å². The van der Waals surface area contributed by atoms with Crippen molar-refractivity contribution in [1.29, 1.82) is 0 Å². The molecule has 10 nitrogen and oxygen atoms in total. The molecular weight excluding hydrogens is 438 g/mol. The van der Waals surface area contributed by atoms with E-state index in [2.05, 4.69) is 10.6 Å². The van der Waals surface area contributed by atoms with Gasteiger partial charge in [-0.3, -0.25) is 14.4 Å². The van der Waals surface area contributed by atoms with Crippen molar-refractivity contribution in [3.63, 3.8) is 0 Å². The van der Waals surface area contributed by atoms with Gasteiger partial charge >= 0.3 is 5.97 Å². The zero-order valence-electron chi connectivity index (χ0n) is 18.7. The quantitative estimate of drug-likeness (QED) is 0.490. The van der Waals surface area contributed by atoms with E-state index < -0.39 is 28.5 Å². The zero-order chi connectivity index (χ0) is 23.7. The third-order valence-electron chi connectivity index (χ3n) is 4.80. The average molecular weight is 470 g/mol. The van der Waals surface area contributed by atoms with E-state index >= 15 is 0 Å². The SMILES string of the molecule is Cc1ccc(NC(=O)COC(=O)CNC(=O)CCC(C)C)cc1S(=O)(=O)N1CCOCC1. The topological polar surface area (TPSA) is 131 Å². The minimum atomic E-state index is -3.73. The Hall–Kier alpha value is -2.50. The summed E-state index contributed by atoms with van der Waals surface area (Å²) in [6.45, 7) is 5.98. The van der Waals surface area contributed by atoms with Crippen LogP contribution in [0.3, 0.4) is 0 Å². The first-order chi connectivity index (χ1) is 15.1. The van der Waals surface area contributed by atoms with Gasteiger partial charge in [0.2, 0.25) is 15.9 Å². The molecule has 2 amide bonds. The molecule has 1 aliphatic rings. The first-order valence-electron chi connectivity index (χ1n) is 10.5. The van der Waals surface area contributed by atoms with Crippen LogP contribution in [0, 0.1) is 12.8 Å². The number of morpholine rings is 1. The molecular formula is C21H31N3O7S. The number of aryl methyl sites for hydroxylation is 1. The smallest absolute Gasteiger partial charge is 0.325 e. The summed E-state index contributed by atoms with van der Waals surface area (Å²) in [5.74, 6) is -1.24. The van der Waals surface area contributed by atoms with Gasteiger partial charge in [0.15, 0.2) is 6.61 Å². The van der Waals surface area contributed by atoms with Crippen molar-refractivity contribution in [2.24, 2.45) is 5.92 Å². The molecule has 1 aromatic carbocycles. The van der Waals surface area contributed by atoms with Crippen molar-refractivity contribution < 1.29 is 32.3 Å². The van der Waals surface area contributed by atoms with Crippen LogP contribution in [-0.4, -0.2) is 70.0 Å². The minimum absolute atomic E-state index is 0.0957. The Balaban J connectivity index is 1.87. The predicted molar refractivity (Wildman–Crippen MR) is 117 cm³/mol. The lowest BCUT2D eigenvalue weighted by atomic mass is 10.1. The molecule has 2 N–H and O–H groups in total. The van der Waals surface area contributed by atoms with Crippen molar-refractivity contribution in [3.8, 4) is 0 Å². The third-order valence-corrected chi connectivity index (χ3v) is 6.84. The maximum Gasteiger partial charge on any atom is 0.325 e. The van der Waals surface area contributed by atoms with Gasteiger partial charge in [-0.2, -0.15) is 4.31 Å². The standard InChI is InChI=1S/C21H31N3O7S/c1-15(2)4-7-19(25)22-13-21(27)31-14-20(26)23-17-6-5-16(3)18(12-17)32(28,29)24-8-10-30-11-9-24/h5-6,12,15H,4,7-11,13-14H2,1-3H3,(H,22,25)(H,23,26). The molecule has 0 spiro atoms. The van der Waals surface area contributed by atoms with Gasteiger partial charge in [0.1, 0.15) is 6.54 Å². The molecule has 1 aliphatic heterocycles. The molecule has 11 heteroatoms. The highest BCUT2D eigenvalue weighted by Crippen LogP contribution is 2.24. The third kappa shape index (κ3) is 7.88. The monoisotopic (exact) mass is 469 g/mol. The number of carbonyl (C=O) groups excluding carboxylic acids is 3. The van der Waals surface area contributed by atoms with Crippen LogP contribution in [0.25, 0.3) is 0 Å². The second-order valence-electron chi connectivity index (χ2n) is 7.91. The normalized spacial score (nSPS) is 14.8. The summed E-state index contributed by atoms with van der Waals surface area (Å²) in [7, 11) is -3.73. The molecule has 2 rings (SSSR count). The van der Waals surface area contributed by atoms with Gasteiger partial charge in [0.05, 0.1) is 18.1 Å². The fraction of sp³-hybridized carbons (Fsp3) is 0.571. The summed E-state index contributed by atoms with van der Waals surface area (Å²) in [4.78, 5) is 35.6. The zero-order valence-corrected chi connectivity index (χ0v) is 19.5. The van der Waals surface area contributed by atoms with Crippen LogP contribution in [0.2, 0.25) is 0 Å². The maximum atomic E-state index is 12.9. The van der Waals surface area contributed by atoms with Crippen molar-refractivity contribution >= 4 is 33.5 Å². The average Bonchev–Trinajstić information content (AvgIpc) is 2.76. The summed E-state index contributed by atoms with van der Waals surface area (Å²) >= 11 is 0. The van der Waals surface area contributed by atoms with Crippen molar-refractivity contribution in [2.75, 3.05) is 44.8 Å². The molecule has 0 saturated carbocycles. The largest absolute Gasteiger partial charge is 0.454 e. The number of hydrogen-bond donors (Lipinski definition) is 2. The highest BCUT2D eigenvalue weighted by molar-refractivity contribution is 7.89. The number of esters is 1. The number of carbonyl (C=O) groups is 3. The summed E-state index contributed by atoms with van der Waals surface area (Å²) in [6, 6.07) is 4.55. The summed E-state index contributed by atoms with van der Waals surface area (Å²) < 4.78 is 37.3. The van der Waals surface area contributed by atoms with E-state index in [1.807, 2.05) is 13.8 Å². The number of rotatable bonds is 10. The van der Waals surface area contributed by atoms with Gasteiger partial charge in [0.25, 0.3) is 5.91 Å². The molecule has 1 heterocycles. The number of anilines is 1. The summed E-state index contributed by atoms with van der Waals surface area (Å²) in [6.07, 6.45) is 1.03. The van der Waals surface area contributed by atoms with E-state index in [0.717, 1.165) is 0 Å². The number of benzene rings is 1. The lowest BCUT2D eigenvalue weighted by Gasteiger charge is -2.26. The van der Waals surface area contributed by atoms with E-state index in [1.165, 1.54) is 10.4 Å². The van der Waals surface area contributed by atoms with E-state index in [4.69, 9.17) is 9.47 Å². The van der Waals surface area contributed by atoms with Gasteiger partial charge in [-0.25, -0.2) is 8.42 Å². The highest BCUT2D eigenvalue weighted by atomic mass is 32.2. The number of hydrogen-bond acceptors (Lipinski definition) is 7. The van der Waals surface area contributed by atoms with Crippen LogP contribution in [-0.2, 0) is 33.9 Å². The van der Waals surface area contributed by atoms with Crippen LogP contribution < -0.4 is 10.6 Å². The van der Waals surface area contributed by atoms with Crippen LogP contribution in [0.1, 0.15) is 32.3 Å². The summed E-state index contributed by atoms with van der Waals surface area (Å²) in [5, 5.41) is 4.97.